The molecule has 6 heteroatoms. The molecule has 0 fully saturated rings. The third-order valence-corrected chi connectivity index (χ3v) is 2.63. The largest absolute Gasteiger partial charge is 0.450 e. The van der Waals surface area contributed by atoms with Crippen LogP contribution >= 0.6 is 0 Å². The highest BCUT2D eigenvalue weighted by Crippen LogP contribution is 2.14. The van der Waals surface area contributed by atoms with E-state index in [0.717, 1.165) is 0 Å². The van der Waals surface area contributed by atoms with Gasteiger partial charge in [-0.2, -0.15) is 0 Å². The molecule has 110 valence electrons. The van der Waals surface area contributed by atoms with Gasteiger partial charge in [0.25, 0.3) is 0 Å². The standard InChI is InChI=1S/C14H21N3O3/c1-3-20-14(19)17-12-6-4-11(5-7-12)16-13(18)8-10(2)9-15/h4-7,10H,3,8-9,15H2,1-2H3,(H,16,18)(H,17,19). The Hall–Kier alpha value is -2.08. The third-order valence-electron chi connectivity index (χ3n) is 2.63. The quantitative estimate of drug-likeness (QED) is 0.744. The number of rotatable bonds is 6. The number of nitrogens with one attached hydrogen (secondary N) is 2. The van der Waals surface area contributed by atoms with Crippen molar-refractivity contribution in [1.82, 2.24) is 0 Å². The van der Waals surface area contributed by atoms with Gasteiger partial charge in [0.1, 0.15) is 0 Å². The monoisotopic (exact) mass is 279 g/mol. The van der Waals surface area contributed by atoms with Gasteiger partial charge in [-0.3, -0.25) is 10.1 Å². The lowest BCUT2D eigenvalue weighted by Gasteiger charge is -2.10. The number of hydrogen-bond acceptors (Lipinski definition) is 4. The minimum atomic E-state index is -0.499. The summed E-state index contributed by atoms with van der Waals surface area (Å²) < 4.78 is 4.77. The summed E-state index contributed by atoms with van der Waals surface area (Å²) in [5, 5.41) is 5.35. The Balaban J connectivity index is 2.50. The van der Waals surface area contributed by atoms with Gasteiger partial charge in [0.05, 0.1) is 6.61 Å². The van der Waals surface area contributed by atoms with E-state index in [9.17, 15) is 9.59 Å². The first kappa shape index (κ1) is 16.0. The molecule has 0 aliphatic rings. The van der Waals surface area contributed by atoms with Gasteiger partial charge in [-0.15, -0.1) is 0 Å². The number of carbonyl (C=O) groups is 2. The number of anilines is 2. The highest BCUT2D eigenvalue weighted by Gasteiger charge is 2.08. The SMILES string of the molecule is CCOC(=O)Nc1ccc(NC(=O)CC(C)CN)cc1. The van der Waals surface area contributed by atoms with Crippen LogP contribution in [0, 0.1) is 5.92 Å². The zero-order valence-electron chi connectivity index (χ0n) is 11.8. The normalized spacial score (nSPS) is 11.6. The van der Waals surface area contributed by atoms with Crippen molar-refractivity contribution in [2.75, 3.05) is 23.8 Å². The van der Waals surface area contributed by atoms with Crippen molar-refractivity contribution in [2.24, 2.45) is 11.7 Å². The molecule has 1 unspecified atom stereocenters. The first-order valence-electron chi connectivity index (χ1n) is 6.59. The van der Waals surface area contributed by atoms with Gasteiger partial charge in [-0.25, -0.2) is 4.79 Å². The first-order valence-corrected chi connectivity index (χ1v) is 6.59. The van der Waals surface area contributed by atoms with Crippen LogP contribution in [-0.2, 0) is 9.53 Å². The van der Waals surface area contributed by atoms with Crippen molar-refractivity contribution in [3.8, 4) is 0 Å². The summed E-state index contributed by atoms with van der Waals surface area (Å²) in [7, 11) is 0. The first-order chi connectivity index (χ1) is 9.55. The van der Waals surface area contributed by atoms with Crippen molar-refractivity contribution in [1.29, 1.82) is 0 Å². The predicted molar refractivity (Wildman–Crippen MR) is 78.6 cm³/mol. The van der Waals surface area contributed by atoms with Crippen LogP contribution in [0.5, 0.6) is 0 Å². The van der Waals surface area contributed by atoms with Crippen molar-refractivity contribution in [2.45, 2.75) is 20.3 Å². The van der Waals surface area contributed by atoms with Crippen LogP contribution in [0.4, 0.5) is 16.2 Å². The smallest absolute Gasteiger partial charge is 0.411 e. The summed E-state index contributed by atoms with van der Waals surface area (Å²) in [5.74, 6) is 0.0776. The van der Waals surface area contributed by atoms with Crippen LogP contribution in [-0.4, -0.2) is 25.2 Å². The van der Waals surface area contributed by atoms with E-state index in [1.165, 1.54) is 0 Å². The maximum absolute atomic E-state index is 11.7. The van der Waals surface area contributed by atoms with E-state index < -0.39 is 6.09 Å². The van der Waals surface area contributed by atoms with Crippen molar-refractivity contribution < 1.29 is 14.3 Å². The van der Waals surface area contributed by atoms with Gasteiger partial charge in [0.15, 0.2) is 0 Å². The van der Waals surface area contributed by atoms with E-state index in [1.54, 1.807) is 31.2 Å². The zero-order chi connectivity index (χ0) is 15.0. The van der Waals surface area contributed by atoms with Gasteiger partial charge < -0.3 is 15.8 Å². The molecule has 1 atom stereocenters. The molecule has 1 rings (SSSR count). The minimum Gasteiger partial charge on any atom is -0.450 e. The maximum atomic E-state index is 11.7. The zero-order valence-corrected chi connectivity index (χ0v) is 11.8. The highest BCUT2D eigenvalue weighted by atomic mass is 16.5. The molecule has 1 aromatic carbocycles. The molecule has 20 heavy (non-hydrogen) atoms. The van der Waals surface area contributed by atoms with E-state index in [0.29, 0.717) is 30.9 Å². The molecule has 0 aliphatic heterocycles. The molecule has 0 heterocycles. The summed E-state index contributed by atoms with van der Waals surface area (Å²) in [6.45, 7) is 4.46. The summed E-state index contributed by atoms with van der Waals surface area (Å²) in [6.07, 6.45) is -0.111. The maximum Gasteiger partial charge on any atom is 0.411 e. The molecule has 0 aromatic heterocycles. The highest BCUT2D eigenvalue weighted by molar-refractivity contribution is 5.91. The fourth-order valence-electron chi connectivity index (χ4n) is 1.53. The van der Waals surface area contributed by atoms with Crippen molar-refractivity contribution in [3.05, 3.63) is 24.3 Å². The number of benzene rings is 1. The second-order valence-corrected chi connectivity index (χ2v) is 4.52. The Labute approximate surface area is 118 Å². The van der Waals surface area contributed by atoms with Crippen LogP contribution in [0.1, 0.15) is 20.3 Å². The fourth-order valence-corrected chi connectivity index (χ4v) is 1.53. The fraction of sp³-hybridized carbons (Fsp3) is 0.429. The molecule has 0 saturated carbocycles. The van der Waals surface area contributed by atoms with E-state index in [1.807, 2.05) is 6.92 Å². The average molecular weight is 279 g/mol. The van der Waals surface area contributed by atoms with E-state index in [-0.39, 0.29) is 11.8 Å². The molecule has 0 spiro atoms. The molecule has 2 amide bonds. The molecule has 0 radical (unpaired) electrons. The van der Waals surface area contributed by atoms with Gasteiger partial charge in [-0.05, 0) is 43.7 Å². The molecular weight excluding hydrogens is 258 g/mol. The summed E-state index contributed by atoms with van der Waals surface area (Å²) >= 11 is 0. The number of carbonyl (C=O) groups excluding carboxylic acids is 2. The predicted octanol–water partition coefficient (Wildman–Crippen LogP) is 2.18. The molecular formula is C14H21N3O3. The van der Waals surface area contributed by atoms with Crippen LogP contribution in [0.2, 0.25) is 0 Å². The Kier molecular flexibility index (Phi) is 6.52. The lowest BCUT2D eigenvalue weighted by atomic mass is 10.1. The summed E-state index contributed by atoms with van der Waals surface area (Å²) in [4.78, 5) is 22.9. The lowest BCUT2D eigenvalue weighted by Crippen LogP contribution is -2.20. The lowest BCUT2D eigenvalue weighted by molar-refractivity contribution is -0.116. The molecule has 0 aliphatic carbocycles. The molecule has 1 aromatic rings. The molecule has 0 bridgehead atoms. The number of ether oxygens (including phenoxy) is 1. The van der Waals surface area contributed by atoms with Gasteiger partial charge >= 0.3 is 6.09 Å². The van der Waals surface area contributed by atoms with E-state index >= 15 is 0 Å². The number of hydrogen-bond donors (Lipinski definition) is 3. The number of nitrogens with two attached hydrogens (primary N) is 1. The Morgan fingerprint density at radius 2 is 1.75 bits per heavy atom. The second-order valence-electron chi connectivity index (χ2n) is 4.52. The summed E-state index contributed by atoms with van der Waals surface area (Å²) in [5.41, 5.74) is 6.76. The van der Waals surface area contributed by atoms with Gasteiger partial charge in [-0.1, -0.05) is 6.92 Å². The van der Waals surface area contributed by atoms with Crippen molar-refractivity contribution in [3.63, 3.8) is 0 Å². The van der Waals surface area contributed by atoms with Crippen LogP contribution in [0.15, 0.2) is 24.3 Å². The van der Waals surface area contributed by atoms with Crippen molar-refractivity contribution >= 4 is 23.4 Å². The Morgan fingerprint density at radius 1 is 1.20 bits per heavy atom. The summed E-state index contributed by atoms with van der Waals surface area (Å²) in [6, 6.07) is 6.82. The van der Waals surface area contributed by atoms with Gasteiger partial charge in [0, 0.05) is 17.8 Å². The Morgan fingerprint density at radius 3 is 2.25 bits per heavy atom. The third kappa shape index (κ3) is 5.71. The average Bonchev–Trinajstić information content (AvgIpc) is 2.41. The van der Waals surface area contributed by atoms with Crippen LogP contribution < -0.4 is 16.4 Å². The van der Waals surface area contributed by atoms with Gasteiger partial charge in [0.2, 0.25) is 5.91 Å². The second kappa shape index (κ2) is 8.16. The van der Waals surface area contributed by atoms with Crippen LogP contribution in [0.25, 0.3) is 0 Å². The van der Waals surface area contributed by atoms with E-state index in [4.69, 9.17) is 10.5 Å². The van der Waals surface area contributed by atoms with Crippen LogP contribution in [0.3, 0.4) is 0 Å². The molecule has 0 saturated heterocycles. The topological polar surface area (TPSA) is 93.5 Å². The number of amides is 2. The molecule has 4 N–H and O–H groups in total. The molecule has 6 nitrogen and oxygen atoms in total. The van der Waals surface area contributed by atoms with E-state index in [2.05, 4.69) is 10.6 Å². The minimum absolute atomic E-state index is 0.0750. The Bertz CT molecular complexity index is 445.